The molecule has 1 aliphatic rings. The molecule has 3 aromatic rings. The summed E-state index contributed by atoms with van der Waals surface area (Å²) in [5, 5.41) is 9.04. The molecule has 7 nitrogen and oxygen atoms in total. The number of ether oxygens (including phenoxy) is 1. The number of benzene rings is 1. The number of nitrogens with zero attached hydrogens (tertiary/aromatic N) is 3. The molecule has 0 aliphatic carbocycles. The van der Waals surface area contributed by atoms with Gasteiger partial charge in [0.1, 0.15) is 11.6 Å². The summed E-state index contributed by atoms with van der Waals surface area (Å²) in [7, 11) is 0. The summed E-state index contributed by atoms with van der Waals surface area (Å²) < 4.78 is 34.2. The van der Waals surface area contributed by atoms with Crippen LogP contribution < -0.4 is 5.32 Å². The first-order valence-corrected chi connectivity index (χ1v) is 9.80. The average Bonchev–Trinajstić information content (AvgIpc) is 3.31. The van der Waals surface area contributed by atoms with E-state index in [1.54, 1.807) is 36.9 Å². The molecular weight excluding hydrogens is 404 g/mol. The van der Waals surface area contributed by atoms with Crippen LogP contribution in [-0.2, 0) is 16.1 Å². The standard InChI is InChI=1S/C22H21F2N5O2/c23-19-10-21(20(24)9-16(19)14-29-5-7-31-8-6-29)28-22(30)2-1-15-11-25-4-3-18(15)17-12-26-27-13-17/h1-4,9-13H,5-8,14H2,(H,26,27)(H,28,30)/b2-1+. The Balaban J connectivity index is 1.45. The minimum Gasteiger partial charge on any atom is -0.379 e. The van der Waals surface area contributed by atoms with Gasteiger partial charge in [-0.15, -0.1) is 0 Å². The third kappa shape index (κ3) is 5.19. The van der Waals surface area contributed by atoms with Crippen LogP contribution in [0, 0.1) is 11.6 Å². The van der Waals surface area contributed by atoms with Crippen molar-refractivity contribution in [1.29, 1.82) is 0 Å². The van der Waals surface area contributed by atoms with Gasteiger partial charge in [-0.3, -0.25) is 19.8 Å². The molecule has 1 saturated heterocycles. The van der Waals surface area contributed by atoms with Gasteiger partial charge in [-0.25, -0.2) is 8.78 Å². The zero-order valence-corrected chi connectivity index (χ0v) is 16.6. The summed E-state index contributed by atoms with van der Waals surface area (Å²) in [5.74, 6) is -1.84. The second-order valence-corrected chi connectivity index (χ2v) is 7.08. The minimum atomic E-state index is -0.688. The van der Waals surface area contributed by atoms with Crippen molar-refractivity contribution >= 4 is 17.7 Å². The molecule has 2 N–H and O–H groups in total. The van der Waals surface area contributed by atoms with Crippen LogP contribution in [0.3, 0.4) is 0 Å². The number of anilines is 1. The van der Waals surface area contributed by atoms with Crippen molar-refractivity contribution in [3.63, 3.8) is 0 Å². The number of aromatic amines is 1. The third-order valence-corrected chi connectivity index (χ3v) is 4.97. The molecule has 4 rings (SSSR count). The normalized spacial score (nSPS) is 14.8. The molecule has 0 radical (unpaired) electrons. The largest absolute Gasteiger partial charge is 0.379 e. The predicted octanol–water partition coefficient (Wildman–Crippen LogP) is 3.23. The number of carbonyl (C=O) groups is 1. The molecule has 1 amide bonds. The Kier molecular flexibility index (Phi) is 6.44. The van der Waals surface area contributed by atoms with Crippen LogP contribution in [0.1, 0.15) is 11.1 Å². The number of H-pyrrole nitrogens is 1. The summed E-state index contributed by atoms with van der Waals surface area (Å²) >= 11 is 0. The lowest BCUT2D eigenvalue weighted by Crippen LogP contribution is -2.35. The van der Waals surface area contributed by atoms with Gasteiger partial charge < -0.3 is 10.1 Å². The molecule has 1 aliphatic heterocycles. The molecule has 2 aromatic heterocycles. The van der Waals surface area contributed by atoms with Crippen LogP contribution in [0.15, 0.2) is 49.1 Å². The first-order chi connectivity index (χ1) is 15.1. The van der Waals surface area contributed by atoms with Gasteiger partial charge in [0.15, 0.2) is 0 Å². The Labute approximate surface area is 177 Å². The zero-order valence-electron chi connectivity index (χ0n) is 16.6. The molecule has 0 saturated carbocycles. The van der Waals surface area contributed by atoms with E-state index in [0.717, 1.165) is 23.3 Å². The summed E-state index contributed by atoms with van der Waals surface area (Å²) in [4.78, 5) is 18.4. The van der Waals surface area contributed by atoms with E-state index in [9.17, 15) is 13.6 Å². The monoisotopic (exact) mass is 425 g/mol. The van der Waals surface area contributed by atoms with E-state index < -0.39 is 17.5 Å². The molecule has 0 unspecified atom stereocenters. The molecule has 1 aromatic carbocycles. The number of hydrogen-bond acceptors (Lipinski definition) is 5. The maximum absolute atomic E-state index is 14.5. The molecule has 0 spiro atoms. The van der Waals surface area contributed by atoms with E-state index in [2.05, 4.69) is 20.5 Å². The zero-order chi connectivity index (χ0) is 21.6. The summed E-state index contributed by atoms with van der Waals surface area (Å²) in [6.45, 7) is 2.77. The highest BCUT2D eigenvalue weighted by atomic mass is 19.1. The fourth-order valence-corrected chi connectivity index (χ4v) is 3.35. The minimum absolute atomic E-state index is 0.209. The first kappa shape index (κ1) is 20.8. The fourth-order valence-electron chi connectivity index (χ4n) is 3.35. The van der Waals surface area contributed by atoms with Crippen LogP contribution >= 0.6 is 0 Å². The van der Waals surface area contributed by atoms with E-state index in [-0.39, 0.29) is 17.8 Å². The number of halogens is 2. The number of nitrogens with one attached hydrogen (secondary N) is 2. The van der Waals surface area contributed by atoms with E-state index >= 15 is 0 Å². The van der Waals surface area contributed by atoms with Gasteiger partial charge in [0.25, 0.3) is 0 Å². The van der Waals surface area contributed by atoms with Crippen LogP contribution in [0.2, 0.25) is 0 Å². The lowest BCUT2D eigenvalue weighted by atomic mass is 10.0. The number of morpholine rings is 1. The van der Waals surface area contributed by atoms with Crippen molar-refractivity contribution in [2.75, 3.05) is 31.6 Å². The van der Waals surface area contributed by atoms with Crippen molar-refractivity contribution in [3.8, 4) is 11.1 Å². The smallest absolute Gasteiger partial charge is 0.248 e. The van der Waals surface area contributed by atoms with E-state index in [4.69, 9.17) is 4.74 Å². The molecule has 0 bridgehead atoms. The van der Waals surface area contributed by atoms with Crippen molar-refractivity contribution in [1.82, 2.24) is 20.1 Å². The topological polar surface area (TPSA) is 83.1 Å². The van der Waals surface area contributed by atoms with Gasteiger partial charge in [0.05, 0.1) is 25.1 Å². The average molecular weight is 425 g/mol. The molecule has 1 fully saturated rings. The van der Waals surface area contributed by atoms with Gasteiger partial charge in [0.2, 0.25) is 5.91 Å². The summed E-state index contributed by atoms with van der Waals surface area (Å²) in [6.07, 6.45) is 9.43. The Hall–Kier alpha value is -3.43. The maximum Gasteiger partial charge on any atom is 0.248 e. The molecule has 0 atom stereocenters. The van der Waals surface area contributed by atoms with Crippen molar-refractivity contribution in [2.24, 2.45) is 0 Å². The van der Waals surface area contributed by atoms with Gasteiger partial charge in [-0.1, -0.05) is 0 Å². The van der Waals surface area contributed by atoms with Crippen LogP contribution in [0.5, 0.6) is 0 Å². The van der Waals surface area contributed by atoms with Crippen LogP contribution in [0.4, 0.5) is 14.5 Å². The molecular formula is C22H21F2N5O2. The predicted molar refractivity (Wildman–Crippen MR) is 112 cm³/mol. The van der Waals surface area contributed by atoms with Crippen molar-refractivity contribution in [3.05, 3.63) is 71.8 Å². The highest BCUT2D eigenvalue weighted by Gasteiger charge is 2.16. The quantitative estimate of drug-likeness (QED) is 0.593. The molecule has 160 valence electrons. The van der Waals surface area contributed by atoms with Crippen molar-refractivity contribution in [2.45, 2.75) is 6.54 Å². The first-order valence-electron chi connectivity index (χ1n) is 9.80. The lowest BCUT2D eigenvalue weighted by molar-refractivity contribution is -0.111. The number of hydrogen-bond donors (Lipinski definition) is 2. The number of amides is 1. The summed E-state index contributed by atoms with van der Waals surface area (Å²) in [5.41, 5.74) is 2.39. The number of aromatic nitrogens is 3. The van der Waals surface area contributed by atoms with Crippen LogP contribution in [0.25, 0.3) is 17.2 Å². The Morgan fingerprint density at radius 3 is 2.84 bits per heavy atom. The number of rotatable bonds is 6. The molecule has 31 heavy (non-hydrogen) atoms. The number of pyridine rings is 1. The molecule has 9 heteroatoms. The second kappa shape index (κ2) is 9.59. The Morgan fingerprint density at radius 1 is 1.23 bits per heavy atom. The lowest BCUT2D eigenvalue weighted by Gasteiger charge is -2.26. The van der Waals surface area contributed by atoms with Crippen LogP contribution in [-0.4, -0.2) is 52.3 Å². The Bertz CT molecular complexity index is 1080. The van der Waals surface area contributed by atoms with Crippen molar-refractivity contribution < 1.29 is 18.3 Å². The number of carbonyl (C=O) groups excluding carboxylic acids is 1. The Morgan fingerprint density at radius 2 is 2.06 bits per heavy atom. The van der Waals surface area contributed by atoms with E-state index in [0.29, 0.717) is 31.9 Å². The highest BCUT2D eigenvalue weighted by Crippen LogP contribution is 2.23. The van der Waals surface area contributed by atoms with Gasteiger partial charge in [-0.2, -0.15) is 5.10 Å². The second-order valence-electron chi connectivity index (χ2n) is 7.08. The third-order valence-electron chi connectivity index (χ3n) is 4.97. The molecule has 3 heterocycles. The van der Waals surface area contributed by atoms with E-state index in [1.165, 1.54) is 6.08 Å². The van der Waals surface area contributed by atoms with Gasteiger partial charge in [0, 0.05) is 67.1 Å². The highest BCUT2D eigenvalue weighted by molar-refractivity contribution is 6.02. The van der Waals surface area contributed by atoms with Gasteiger partial charge in [-0.05, 0) is 23.8 Å². The maximum atomic E-state index is 14.5. The van der Waals surface area contributed by atoms with E-state index in [1.807, 2.05) is 4.90 Å². The summed E-state index contributed by atoms with van der Waals surface area (Å²) in [6, 6.07) is 3.94. The van der Waals surface area contributed by atoms with Gasteiger partial charge >= 0.3 is 0 Å². The fraction of sp³-hybridized carbons (Fsp3) is 0.227. The SMILES string of the molecule is O=C(/C=C/c1cnccc1-c1cn[nH]c1)Nc1cc(F)c(CN2CCOCC2)cc1F.